The molecule has 0 saturated carbocycles. The largest absolute Gasteiger partial charge is 0.497 e. The van der Waals surface area contributed by atoms with Crippen LogP contribution < -0.4 is 9.46 Å². The monoisotopic (exact) mass is 533 g/mol. The Kier molecular flexibility index (Phi) is 7.07. The molecule has 8 nitrogen and oxygen atoms in total. The zero-order valence-electron chi connectivity index (χ0n) is 19.0. The average molecular weight is 534 g/mol. The molecule has 1 atom stereocenters. The van der Waals surface area contributed by atoms with Crippen LogP contribution in [0.25, 0.3) is 0 Å². The molecule has 3 aromatic carbocycles. The SMILES string of the molecule is CCS(=O)(=O)Nc1ccc(C2=NN(S(=O)(=O)c3cccc(Cl)c3)[C@H](c3ccc(OC)cc3)C2)cc1. The number of hydrazone groups is 1. The number of hydrogen-bond acceptors (Lipinski definition) is 6. The van der Waals surface area contributed by atoms with Gasteiger partial charge in [-0.3, -0.25) is 4.72 Å². The van der Waals surface area contributed by atoms with Gasteiger partial charge in [-0.1, -0.05) is 41.9 Å². The Morgan fingerprint density at radius 2 is 1.71 bits per heavy atom. The van der Waals surface area contributed by atoms with Gasteiger partial charge in [0.1, 0.15) is 5.75 Å². The molecule has 4 rings (SSSR count). The van der Waals surface area contributed by atoms with E-state index in [1.54, 1.807) is 62.6 Å². The number of sulfonamides is 2. The molecule has 1 heterocycles. The van der Waals surface area contributed by atoms with E-state index in [-0.39, 0.29) is 10.6 Å². The number of nitrogens with zero attached hydrogens (tertiary/aromatic N) is 2. The van der Waals surface area contributed by atoms with E-state index < -0.39 is 26.1 Å². The van der Waals surface area contributed by atoms with Gasteiger partial charge in [0.15, 0.2) is 0 Å². The molecule has 1 aliphatic rings. The van der Waals surface area contributed by atoms with Crippen LogP contribution in [0.5, 0.6) is 5.75 Å². The maximum Gasteiger partial charge on any atom is 0.279 e. The summed E-state index contributed by atoms with van der Waals surface area (Å²) in [5.41, 5.74) is 2.42. The van der Waals surface area contributed by atoms with Gasteiger partial charge in [0, 0.05) is 17.1 Å². The normalized spacial score (nSPS) is 16.1. The molecular formula is C24H24ClN3O5S2. The molecule has 0 saturated heterocycles. The second kappa shape index (κ2) is 9.88. The maximum absolute atomic E-state index is 13.6. The summed E-state index contributed by atoms with van der Waals surface area (Å²) in [6, 6.07) is 19.3. The van der Waals surface area contributed by atoms with Gasteiger partial charge >= 0.3 is 0 Å². The molecule has 0 amide bonds. The van der Waals surface area contributed by atoms with Crippen molar-refractivity contribution in [2.24, 2.45) is 5.10 Å². The Hall–Kier alpha value is -3.08. The first-order chi connectivity index (χ1) is 16.6. The van der Waals surface area contributed by atoms with Crippen LogP contribution in [0.4, 0.5) is 5.69 Å². The highest BCUT2D eigenvalue weighted by Crippen LogP contribution is 2.38. The smallest absolute Gasteiger partial charge is 0.279 e. The van der Waals surface area contributed by atoms with Gasteiger partial charge in [-0.15, -0.1) is 0 Å². The second-order valence-corrected chi connectivity index (χ2v) is 12.1. The minimum Gasteiger partial charge on any atom is -0.497 e. The number of benzene rings is 3. The molecule has 0 aromatic heterocycles. The highest BCUT2D eigenvalue weighted by Gasteiger charge is 2.37. The molecule has 35 heavy (non-hydrogen) atoms. The third-order valence-corrected chi connectivity index (χ3v) is 8.81. The fraction of sp³-hybridized carbons (Fsp3) is 0.208. The van der Waals surface area contributed by atoms with E-state index in [9.17, 15) is 16.8 Å². The molecule has 11 heteroatoms. The number of ether oxygens (including phenoxy) is 1. The molecule has 1 N–H and O–H groups in total. The van der Waals surface area contributed by atoms with Crippen molar-refractivity contribution in [3.05, 3.63) is 88.9 Å². The van der Waals surface area contributed by atoms with Gasteiger partial charge in [-0.25, -0.2) is 8.42 Å². The lowest BCUT2D eigenvalue weighted by molar-refractivity contribution is 0.370. The third-order valence-electron chi connectivity index (χ3n) is 5.58. The van der Waals surface area contributed by atoms with Crippen LogP contribution >= 0.6 is 11.6 Å². The standard InChI is InChI=1S/C24H24ClN3O5S2/c1-3-34(29,30)27-20-11-7-17(8-12-20)23-16-24(18-9-13-21(33-2)14-10-18)28(26-23)35(31,32)22-6-4-5-19(25)15-22/h4-15,24,27H,3,16H2,1-2H3/t24-/m0/s1. The van der Waals surface area contributed by atoms with Crippen LogP contribution in [0, 0.1) is 0 Å². The lowest BCUT2D eigenvalue weighted by atomic mass is 9.99. The summed E-state index contributed by atoms with van der Waals surface area (Å²) in [4.78, 5) is 0.0397. The summed E-state index contributed by atoms with van der Waals surface area (Å²) in [7, 11) is -5.86. The van der Waals surface area contributed by atoms with Crippen LogP contribution in [-0.4, -0.2) is 39.8 Å². The van der Waals surface area contributed by atoms with Gasteiger partial charge in [-0.05, 0) is 60.5 Å². The van der Waals surface area contributed by atoms with E-state index in [1.165, 1.54) is 12.1 Å². The first-order valence-electron chi connectivity index (χ1n) is 10.8. The summed E-state index contributed by atoms with van der Waals surface area (Å²) in [5.74, 6) is 0.615. The lowest BCUT2D eigenvalue weighted by Gasteiger charge is -2.23. The Labute approximate surface area is 210 Å². The minimum atomic E-state index is -4.01. The topological polar surface area (TPSA) is 105 Å². The summed E-state index contributed by atoms with van der Waals surface area (Å²) in [6.07, 6.45) is 0.326. The second-order valence-electron chi connectivity index (χ2n) is 7.86. The summed E-state index contributed by atoms with van der Waals surface area (Å²) < 4.78 is 59.7. The Morgan fingerprint density at radius 1 is 1.03 bits per heavy atom. The summed E-state index contributed by atoms with van der Waals surface area (Å²) in [6.45, 7) is 1.55. The zero-order chi connectivity index (χ0) is 25.2. The van der Waals surface area contributed by atoms with Crippen molar-refractivity contribution in [1.29, 1.82) is 0 Å². The van der Waals surface area contributed by atoms with Crippen molar-refractivity contribution in [3.8, 4) is 5.75 Å². The number of rotatable bonds is 8. The molecule has 184 valence electrons. The van der Waals surface area contributed by atoms with Crippen molar-refractivity contribution in [3.63, 3.8) is 0 Å². The van der Waals surface area contributed by atoms with Crippen molar-refractivity contribution >= 4 is 43.0 Å². The van der Waals surface area contributed by atoms with E-state index in [0.29, 0.717) is 34.2 Å². The average Bonchev–Trinajstić information content (AvgIpc) is 3.31. The predicted octanol–water partition coefficient (Wildman–Crippen LogP) is 4.65. The first-order valence-corrected chi connectivity index (χ1v) is 14.2. The van der Waals surface area contributed by atoms with Gasteiger partial charge in [0.2, 0.25) is 10.0 Å². The predicted molar refractivity (Wildman–Crippen MR) is 137 cm³/mol. The van der Waals surface area contributed by atoms with E-state index >= 15 is 0 Å². The number of nitrogens with one attached hydrogen (secondary N) is 1. The summed E-state index contributed by atoms with van der Waals surface area (Å²) >= 11 is 6.06. The maximum atomic E-state index is 13.6. The minimum absolute atomic E-state index is 0.0397. The lowest BCUT2D eigenvalue weighted by Crippen LogP contribution is -2.27. The number of anilines is 1. The van der Waals surface area contributed by atoms with Gasteiger partial charge in [0.25, 0.3) is 10.0 Å². The third kappa shape index (κ3) is 5.44. The highest BCUT2D eigenvalue weighted by molar-refractivity contribution is 7.92. The van der Waals surface area contributed by atoms with Crippen LogP contribution in [0.2, 0.25) is 5.02 Å². The molecule has 0 fully saturated rings. The van der Waals surface area contributed by atoms with Crippen molar-refractivity contribution in [2.75, 3.05) is 17.6 Å². The summed E-state index contributed by atoms with van der Waals surface area (Å²) in [5, 5.41) is 4.81. The fourth-order valence-electron chi connectivity index (χ4n) is 3.68. The molecule has 1 aliphatic heterocycles. The molecule has 0 aliphatic carbocycles. The highest BCUT2D eigenvalue weighted by atomic mass is 35.5. The Bertz CT molecular complexity index is 1460. The number of halogens is 1. The van der Waals surface area contributed by atoms with Gasteiger partial charge in [-0.2, -0.15) is 17.9 Å². The molecular weight excluding hydrogens is 510 g/mol. The van der Waals surface area contributed by atoms with Crippen molar-refractivity contribution < 1.29 is 21.6 Å². The Morgan fingerprint density at radius 3 is 2.31 bits per heavy atom. The van der Waals surface area contributed by atoms with Crippen LogP contribution in [-0.2, 0) is 20.0 Å². The van der Waals surface area contributed by atoms with Crippen LogP contribution in [0.15, 0.2) is 82.8 Å². The van der Waals surface area contributed by atoms with Crippen LogP contribution in [0.1, 0.15) is 30.5 Å². The van der Waals surface area contributed by atoms with E-state index in [1.807, 2.05) is 12.1 Å². The first kappa shape index (κ1) is 25.0. The van der Waals surface area contributed by atoms with Gasteiger partial charge < -0.3 is 4.74 Å². The van der Waals surface area contributed by atoms with E-state index in [2.05, 4.69) is 9.82 Å². The molecule has 0 unspecified atom stereocenters. The number of hydrogen-bond donors (Lipinski definition) is 1. The molecule has 3 aromatic rings. The van der Waals surface area contributed by atoms with Crippen molar-refractivity contribution in [1.82, 2.24) is 4.41 Å². The number of methoxy groups -OCH3 is 1. The van der Waals surface area contributed by atoms with E-state index in [0.717, 1.165) is 9.98 Å². The zero-order valence-corrected chi connectivity index (χ0v) is 21.4. The molecule has 0 spiro atoms. The Balaban J connectivity index is 1.72. The van der Waals surface area contributed by atoms with Gasteiger partial charge in [0.05, 0.1) is 29.5 Å². The molecule has 0 bridgehead atoms. The van der Waals surface area contributed by atoms with E-state index in [4.69, 9.17) is 16.3 Å². The van der Waals surface area contributed by atoms with Crippen molar-refractivity contribution in [2.45, 2.75) is 24.3 Å². The fourth-order valence-corrected chi connectivity index (χ4v) is 6.05. The van der Waals surface area contributed by atoms with Crippen LogP contribution in [0.3, 0.4) is 0 Å². The molecule has 0 radical (unpaired) electrons. The quantitative estimate of drug-likeness (QED) is 0.453.